The monoisotopic (exact) mass is 408 g/mol. The standard InChI is InChI=1S/C19H24N2O4S2/c1-3-25-17-7-5-4-6-16(17)20-27(23,24)18-12-15(13-26-18)19(22)21-10-8-14(2)9-11-21/h4-7,12-14,20H,3,8-11H2,1-2H3. The number of carbonyl (C=O) groups is 1. The first-order valence-electron chi connectivity index (χ1n) is 9.03. The van der Waals surface area contributed by atoms with Crippen LogP contribution in [0.25, 0.3) is 0 Å². The highest BCUT2D eigenvalue weighted by atomic mass is 32.2. The molecule has 146 valence electrons. The van der Waals surface area contributed by atoms with Crippen molar-refractivity contribution in [1.82, 2.24) is 4.90 Å². The number of amides is 1. The minimum atomic E-state index is -3.79. The van der Waals surface area contributed by atoms with Gasteiger partial charge in [-0.25, -0.2) is 8.42 Å². The van der Waals surface area contributed by atoms with Crippen LogP contribution in [0.2, 0.25) is 0 Å². The van der Waals surface area contributed by atoms with Crippen molar-refractivity contribution in [1.29, 1.82) is 0 Å². The van der Waals surface area contributed by atoms with Crippen LogP contribution >= 0.6 is 11.3 Å². The van der Waals surface area contributed by atoms with Crippen molar-refractivity contribution in [3.05, 3.63) is 41.3 Å². The number of nitrogens with zero attached hydrogens (tertiary/aromatic N) is 1. The number of sulfonamides is 1. The molecule has 1 fully saturated rings. The second kappa shape index (κ2) is 8.31. The van der Waals surface area contributed by atoms with E-state index in [1.54, 1.807) is 34.5 Å². The largest absolute Gasteiger partial charge is 0.492 e. The van der Waals surface area contributed by atoms with Crippen LogP contribution < -0.4 is 9.46 Å². The Hall–Kier alpha value is -2.06. The lowest BCUT2D eigenvalue weighted by molar-refractivity contribution is 0.0697. The van der Waals surface area contributed by atoms with Gasteiger partial charge in [-0.15, -0.1) is 11.3 Å². The molecule has 6 nitrogen and oxygen atoms in total. The molecule has 0 unspecified atom stereocenters. The van der Waals surface area contributed by atoms with Crippen LogP contribution in [0.3, 0.4) is 0 Å². The lowest BCUT2D eigenvalue weighted by Crippen LogP contribution is -2.37. The van der Waals surface area contributed by atoms with E-state index in [1.165, 1.54) is 6.07 Å². The Morgan fingerprint density at radius 2 is 2.00 bits per heavy atom. The first-order chi connectivity index (χ1) is 12.9. The number of benzene rings is 1. The maximum Gasteiger partial charge on any atom is 0.271 e. The molecule has 1 aliphatic rings. The van der Waals surface area contributed by atoms with Gasteiger partial charge in [-0.1, -0.05) is 19.1 Å². The molecule has 1 N–H and O–H groups in total. The lowest BCUT2D eigenvalue weighted by Gasteiger charge is -2.30. The summed E-state index contributed by atoms with van der Waals surface area (Å²) in [5, 5.41) is 1.61. The fourth-order valence-electron chi connectivity index (χ4n) is 2.99. The van der Waals surface area contributed by atoms with Gasteiger partial charge in [-0.2, -0.15) is 0 Å². The van der Waals surface area contributed by atoms with Gasteiger partial charge in [0, 0.05) is 18.5 Å². The van der Waals surface area contributed by atoms with E-state index in [2.05, 4.69) is 11.6 Å². The summed E-state index contributed by atoms with van der Waals surface area (Å²) in [4.78, 5) is 14.4. The van der Waals surface area contributed by atoms with Gasteiger partial charge in [-0.3, -0.25) is 9.52 Å². The van der Waals surface area contributed by atoms with Crippen molar-refractivity contribution in [3.63, 3.8) is 0 Å². The molecular formula is C19H24N2O4S2. The Morgan fingerprint density at radius 1 is 1.30 bits per heavy atom. The lowest BCUT2D eigenvalue weighted by atomic mass is 9.99. The number of anilines is 1. The summed E-state index contributed by atoms with van der Waals surface area (Å²) in [5.41, 5.74) is 0.804. The highest BCUT2D eigenvalue weighted by molar-refractivity contribution is 7.94. The van der Waals surface area contributed by atoms with Crippen LogP contribution in [0.5, 0.6) is 5.75 Å². The molecule has 0 atom stereocenters. The summed E-state index contributed by atoms with van der Waals surface area (Å²) in [6, 6.07) is 8.33. The normalized spacial score (nSPS) is 15.6. The smallest absolute Gasteiger partial charge is 0.271 e. The zero-order chi connectivity index (χ0) is 19.4. The van der Waals surface area contributed by atoms with E-state index in [0.29, 0.717) is 29.5 Å². The minimum absolute atomic E-state index is 0.102. The molecular weight excluding hydrogens is 384 g/mol. The highest BCUT2D eigenvalue weighted by Crippen LogP contribution is 2.29. The third kappa shape index (κ3) is 4.62. The maximum atomic E-state index is 12.7. The Labute approximate surface area is 164 Å². The van der Waals surface area contributed by atoms with Gasteiger partial charge >= 0.3 is 0 Å². The van der Waals surface area contributed by atoms with Crippen LogP contribution in [0.1, 0.15) is 37.0 Å². The third-order valence-corrected chi connectivity index (χ3v) is 7.39. The Morgan fingerprint density at radius 3 is 2.70 bits per heavy atom. The van der Waals surface area contributed by atoms with E-state index in [4.69, 9.17) is 4.74 Å². The van der Waals surface area contributed by atoms with E-state index in [9.17, 15) is 13.2 Å². The number of hydrogen-bond donors (Lipinski definition) is 1. The SMILES string of the molecule is CCOc1ccccc1NS(=O)(=O)c1cc(C(=O)N2CCC(C)CC2)cs1. The first kappa shape index (κ1) is 19.7. The molecule has 0 spiro atoms. The topological polar surface area (TPSA) is 75.7 Å². The van der Waals surface area contributed by atoms with Crippen molar-refractivity contribution in [2.75, 3.05) is 24.4 Å². The molecule has 2 aromatic rings. The van der Waals surface area contributed by atoms with Crippen LogP contribution in [0, 0.1) is 5.92 Å². The summed E-state index contributed by atoms with van der Waals surface area (Å²) < 4.78 is 33.6. The quantitative estimate of drug-likeness (QED) is 0.788. The van der Waals surface area contributed by atoms with Crippen LogP contribution in [0.4, 0.5) is 5.69 Å². The van der Waals surface area contributed by atoms with Gasteiger partial charge < -0.3 is 9.64 Å². The Bertz CT molecular complexity index is 900. The number of nitrogens with one attached hydrogen (secondary N) is 1. The first-order valence-corrected chi connectivity index (χ1v) is 11.4. The van der Waals surface area contributed by atoms with Crippen LogP contribution in [-0.4, -0.2) is 38.9 Å². The van der Waals surface area contributed by atoms with E-state index >= 15 is 0 Å². The van der Waals surface area contributed by atoms with Gasteiger partial charge in [0.1, 0.15) is 9.96 Å². The predicted molar refractivity (Wildman–Crippen MR) is 107 cm³/mol. The second-order valence-electron chi connectivity index (χ2n) is 6.66. The van der Waals surface area contributed by atoms with Crippen molar-refractivity contribution in [3.8, 4) is 5.75 Å². The van der Waals surface area contributed by atoms with Crippen molar-refractivity contribution in [2.45, 2.75) is 30.9 Å². The number of carbonyl (C=O) groups excluding carboxylic acids is 1. The molecule has 0 radical (unpaired) electrons. The minimum Gasteiger partial charge on any atom is -0.492 e. The number of para-hydroxylation sites is 2. The highest BCUT2D eigenvalue weighted by Gasteiger charge is 2.25. The fraction of sp³-hybridized carbons (Fsp3) is 0.421. The van der Waals surface area contributed by atoms with E-state index in [0.717, 1.165) is 37.3 Å². The number of likely N-dealkylation sites (tertiary alicyclic amines) is 1. The summed E-state index contributed by atoms with van der Waals surface area (Å²) in [5.74, 6) is 0.996. The van der Waals surface area contributed by atoms with Crippen molar-refractivity contribution >= 4 is 33.0 Å². The van der Waals surface area contributed by atoms with Crippen LogP contribution in [0.15, 0.2) is 39.9 Å². The van der Waals surface area contributed by atoms with Gasteiger partial charge in [0.15, 0.2) is 0 Å². The molecule has 2 heterocycles. The van der Waals surface area contributed by atoms with Gasteiger partial charge in [0.2, 0.25) is 0 Å². The fourth-order valence-corrected chi connectivity index (χ4v) is 5.22. The molecule has 1 saturated heterocycles. The van der Waals surface area contributed by atoms with Gasteiger partial charge in [0.05, 0.1) is 17.9 Å². The number of hydrogen-bond acceptors (Lipinski definition) is 5. The predicted octanol–water partition coefficient (Wildman–Crippen LogP) is 3.82. The number of ether oxygens (including phenoxy) is 1. The van der Waals surface area contributed by atoms with E-state index < -0.39 is 10.0 Å². The van der Waals surface area contributed by atoms with Crippen molar-refractivity contribution < 1.29 is 17.9 Å². The Balaban J connectivity index is 1.76. The van der Waals surface area contributed by atoms with Crippen LogP contribution in [-0.2, 0) is 10.0 Å². The molecule has 3 rings (SSSR count). The average Bonchev–Trinajstić information content (AvgIpc) is 3.15. The maximum absolute atomic E-state index is 12.7. The number of thiophene rings is 1. The molecule has 0 saturated carbocycles. The second-order valence-corrected chi connectivity index (χ2v) is 9.48. The van der Waals surface area contributed by atoms with Gasteiger partial charge in [0.25, 0.3) is 15.9 Å². The van der Waals surface area contributed by atoms with Crippen molar-refractivity contribution in [2.24, 2.45) is 5.92 Å². The molecule has 1 aliphatic heterocycles. The zero-order valence-electron chi connectivity index (χ0n) is 15.5. The van der Waals surface area contributed by atoms with E-state index in [-0.39, 0.29) is 10.1 Å². The molecule has 1 aromatic carbocycles. The molecule has 8 heteroatoms. The Kier molecular flexibility index (Phi) is 6.06. The summed E-state index contributed by atoms with van der Waals surface area (Å²) in [7, 11) is -3.79. The molecule has 1 aromatic heterocycles. The number of piperidine rings is 1. The number of rotatable bonds is 6. The average molecular weight is 409 g/mol. The van der Waals surface area contributed by atoms with E-state index in [1.807, 2.05) is 6.92 Å². The molecule has 0 aliphatic carbocycles. The molecule has 27 heavy (non-hydrogen) atoms. The molecule has 1 amide bonds. The summed E-state index contributed by atoms with van der Waals surface area (Å²) >= 11 is 1.05. The summed E-state index contributed by atoms with van der Waals surface area (Å²) in [6.45, 7) is 5.90. The van der Waals surface area contributed by atoms with Gasteiger partial charge in [-0.05, 0) is 43.9 Å². The third-order valence-electron chi connectivity index (χ3n) is 4.59. The molecule has 0 bridgehead atoms. The zero-order valence-corrected chi connectivity index (χ0v) is 17.1. The summed E-state index contributed by atoms with van der Waals surface area (Å²) in [6.07, 6.45) is 1.97.